The lowest BCUT2D eigenvalue weighted by atomic mass is 10.2. The van der Waals surface area contributed by atoms with Gasteiger partial charge in [0.15, 0.2) is 5.75 Å². The first-order valence-corrected chi connectivity index (χ1v) is 5.08. The molecule has 0 bridgehead atoms. The maximum Gasteiger partial charge on any atom is 0.513 e. The zero-order chi connectivity index (χ0) is 13.0. The number of carbonyl (C=O) groups excluding carboxylic acids is 2. The van der Waals surface area contributed by atoms with Crippen molar-refractivity contribution in [3.8, 4) is 5.75 Å². The Kier molecular flexibility index (Phi) is 4.60. The van der Waals surface area contributed by atoms with Crippen molar-refractivity contribution in [3.63, 3.8) is 0 Å². The Morgan fingerprint density at radius 2 is 1.59 bits per heavy atom. The van der Waals surface area contributed by atoms with Crippen molar-refractivity contribution < 1.29 is 23.8 Å². The minimum absolute atomic E-state index is 0.00306. The van der Waals surface area contributed by atoms with Crippen LogP contribution in [0.4, 0.5) is 4.79 Å². The topological polar surface area (TPSA) is 61.8 Å². The number of carbonyl (C=O) groups is 2. The van der Waals surface area contributed by atoms with Crippen LogP contribution in [0, 0.1) is 0 Å². The third-order valence-electron chi connectivity index (χ3n) is 1.77. The predicted molar refractivity (Wildman–Crippen MR) is 60.8 cm³/mol. The molecule has 0 unspecified atom stereocenters. The summed E-state index contributed by atoms with van der Waals surface area (Å²) >= 11 is 11.6. The highest BCUT2D eigenvalue weighted by Gasteiger charge is 2.17. The maximum atomic E-state index is 11.2. The van der Waals surface area contributed by atoms with Crippen molar-refractivity contribution in [1.29, 1.82) is 0 Å². The largest absolute Gasteiger partial charge is 0.513 e. The molecule has 0 spiro atoms. The molecule has 0 atom stereocenters. The maximum absolute atomic E-state index is 11.2. The number of methoxy groups -OCH3 is 2. The second-order valence-corrected chi connectivity index (χ2v) is 3.63. The van der Waals surface area contributed by atoms with Gasteiger partial charge < -0.3 is 14.2 Å². The summed E-state index contributed by atoms with van der Waals surface area (Å²) in [7, 11) is 2.37. The molecule has 0 fully saturated rings. The van der Waals surface area contributed by atoms with Crippen LogP contribution in [-0.4, -0.2) is 26.3 Å². The van der Waals surface area contributed by atoms with Crippen LogP contribution in [0.3, 0.4) is 0 Å². The molecule has 0 heterocycles. The summed E-state index contributed by atoms with van der Waals surface area (Å²) in [6.45, 7) is 0. The van der Waals surface area contributed by atoms with E-state index in [0.717, 1.165) is 7.11 Å². The van der Waals surface area contributed by atoms with E-state index in [1.54, 1.807) is 0 Å². The van der Waals surface area contributed by atoms with Gasteiger partial charge in [-0.25, -0.2) is 9.59 Å². The van der Waals surface area contributed by atoms with Gasteiger partial charge in [0.25, 0.3) is 0 Å². The number of benzene rings is 1. The van der Waals surface area contributed by atoms with Gasteiger partial charge in [-0.3, -0.25) is 0 Å². The second kappa shape index (κ2) is 5.75. The molecule has 7 heteroatoms. The number of hydrogen-bond acceptors (Lipinski definition) is 5. The Morgan fingerprint density at radius 1 is 1.06 bits per heavy atom. The molecule has 0 saturated carbocycles. The molecule has 0 aromatic heterocycles. The molecular weight excluding hydrogens is 271 g/mol. The quantitative estimate of drug-likeness (QED) is 0.615. The highest BCUT2D eigenvalue weighted by Crippen LogP contribution is 2.34. The molecule has 92 valence electrons. The molecule has 0 radical (unpaired) electrons. The fourth-order valence-corrected chi connectivity index (χ4v) is 1.58. The molecule has 0 saturated heterocycles. The fraction of sp³-hybridized carbons (Fsp3) is 0.200. The van der Waals surface area contributed by atoms with Gasteiger partial charge in [0, 0.05) is 0 Å². The minimum Gasteiger partial charge on any atom is -0.465 e. The number of ether oxygens (including phenoxy) is 3. The van der Waals surface area contributed by atoms with Gasteiger partial charge in [-0.05, 0) is 12.1 Å². The average Bonchev–Trinajstić information content (AvgIpc) is 2.32. The van der Waals surface area contributed by atoms with E-state index in [1.807, 2.05) is 0 Å². The van der Waals surface area contributed by atoms with Crippen molar-refractivity contribution in [2.24, 2.45) is 0 Å². The Balaban J connectivity index is 3.10. The van der Waals surface area contributed by atoms with Crippen molar-refractivity contribution in [3.05, 3.63) is 27.7 Å². The molecule has 0 aliphatic rings. The van der Waals surface area contributed by atoms with Crippen molar-refractivity contribution in [2.45, 2.75) is 0 Å². The first-order valence-electron chi connectivity index (χ1n) is 4.32. The highest BCUT2D eigenvalue weighted by atomic mass is 35.5. The van der Waals surface area contributed by atoms with Crippen LogP contribution in [0.15, 0.2) is 12.1 Å². The summed E-state index contributed by atoms with van der Waals surface area (Å²) in [5.74, 6) is -0.675. The third-order valence-corrected chi connectivity index (χ3v) is 2.33. The lowest BCUT2D eigenvalue weighted by molar-refractivity contribution is 0.0600. The highest BCUT2D eigenvalue weighted by molar-refractivity contribution is 6.37. The van der Waals surface area contributed by atoms with Crippen LogP contribution < -0.4 is 4.74 Å². The van der Waals surface area contributed by atoms with E-state index in [0.29, 0.717) is 0 Å². The summed E-state index contributed by atoms with van der Waals surface area (Å²) in [4.78, 5) is 22.1. The standard InChI is InChI=1S/C10H8Cl2O5/c1-15-9(13)5-3-6(11)8(7(12)4-5)17-10(14)16-2/h3-4H,1-2H3. The van der Waals surface area contributed by atoms with E-state index in [4.69, 9.17) is 27.9 Å². The molecular formula is C10H8Cl2O5. The van der Waals surface area contributed by atoms with Crippen molar-refractivity contribution >= 4 is 35.3 Å². The lowest BCUT2D eigenvalue weighted by Crippen LogP contribution is -2.09. The van der Waals surface area contributed by atoms with E-state index in [-0.39, 0.29) is 21.4 Å². The molecule has 1 aromatic carbocycles. The molecule has 0 aliphatic heterocycles. The predicted octanol–water partition coefficient (Wildman–Crippen LogP) is 2.93. The summed E-state index contributed by atoms with van der Waals surface area (Å²) in [5, 5.41) is 0.00611. The summed E-state index contributed by atoms with van der Waals surface area (Å²) in [5.41, 5.74) is 0.153. The van der Waals surface area contributed by atoms with Crippen LogP contribution in [0.2, 0.25) is 10.0 Å². The van der Waals surface area contributed by atoms with Crippen molar-refractivity contribution in [2.75, 3.05) is 14.2 Å². The minimum atomic E-state index is -0.959. The van der Waals surface area contributed by atoms with E-state index in [9.17, 15) is 9.59 Å². The van der Waals surface area contributed by atoms with Crippen LogP contribution in [-0.2, 0) is 9.47 Å². The number of halogens is 2. The molecule has 0 aliphatic carbocycles. The number of rotatable bonds is 2. The third kappa shape index (κ3) is 3.25. The molecule has 0 amide bonds. The van der Waals surface area contributed by atoms with Crippen LogP contribution in [0.25, 0.3) is 0 Å². The first kappa shape index (κ1) is 13.6. The Bertz CT molecular complexity index is 435. The van der Waals surface area contributed by atoms with Gasteiger partial charge in [-0.15, -0.1) is 0 Å². The molecule has 1 aromatic rings. The molecule has 0 N–H and O–H groups in total. The molecule has 17 heavy (non-hydrogen) atoms. The van der Waals surface area contributed by atoms with E-state index in [1.165, 1.54) is 19.2 Å². The SMILES string of the molecule is COC(=O)Oc1c(Cl)cc(C(=O)OC)cc1Cl. The van der Waals surface area contributed by atoms with E-state index in [2.05, 4.69) is 9.47 Å². The normalized spacial score (nSPS) is 9.65. The summed E-state index contributed by atoms with van der Waals surface area (Å²) in [6, 6.07) is 2.55. The van der Waals surface area contributed by atoms with Crippen LogP contribution in [0.1, 0.15) is 10.4 Å². The second-order valence-electron chi connectivity index (χ2n) is 2.82. The summed E-state index contributed by atoms with van der Waals surface area (Å²) < 4.78 is 13.5. The van der Waals surface area contributed by atoms with Crippen molar-refractivity contribution in [1.82, 2.24) is 0 Å². The molecule has 5 nitrogen and oxygen atoms in total. The summed E-state index contributed by atoms with van der Waals surface area (Å²) in [6.07, 6.45) is -0.959. The number of esters is 1. The smallest absolute Gasteiger partial charge is 0.465 e. The van der Waals surface area contributed by atoms with Crippen LogP contribution in [0.5, 0.6) is 5.75 Å². The van der Waals surface area contributed by atoms with E-state index < -0.39 is 12.1 Å². The lowest BCUT2D eigenvalue weighted by Gasteiger charge is -2.08. The van der Waals surface area contributed by atoms with Gasteiger partial charge in [0.2, 0.25) is 0 Å². The van der Waals surface area contributed by atoms with Gasteiger partial charge in [0.1, 0.15) is 0 Å². The van der Waals surface area contributed by atoms with Gasteiger partial charge in [-0.1, -0.05) is 23.2 Å². The number of hydrogen-bond donors (Lipinski definition) is 0. The zero-order valence-electron chi connectivity index (χ0n) is 8.95. The zero-order valence-corrected chi connectivity index (χ0v) is 10.5. The Hall–Kier alpha value is -1.46. The fourth-order valence-electron chi connectivity index (χ4n) is 1.02. The molecule has 1 rings (SSSR count). The van der Waals surface area contributed by atoms with Gasteiger partial charge >= 0.3 is 12.1 Å². The Labute approximate surface area is 107 Å². The van der Waals surface area contributed by atoms with E-state index >= 15 is 0 Å². The van der Waals surface area contributed by atoms with Gasteiger partial charge in [-0.2, -0.15) is 0 Å². The Morgan fingerprint density at radius 3 is 2.00 bits per heavy atom. The first-order chi connectivity index (χ1) is 7.99. The van der Waals surface area contributed by atoms with Crippen LogP contribution >= 0.6 is 23.2 Å². The average molecular weight is 279 g/mol. The van der Waals surface area contributed by atoms with Gasteiger partial charge in [0.05, 0.1) is 29.8 Å². The monoisotopic (exact) mass is 278 g/mol.